The molecular weight excluding hydrogens is 492 g/mol. The van der Waals surface area contributed by atoms with Gasteiger partial charge in [0.25, 0.3) is 5.92 Å². The molecule has 10 heteroatoms. The van der Waals surface area contributed by atoms with Gasteiger partial charge in [0.2, 0.25) is 0 Å². The lowest BCUT2D eigenvalue weighted by Crippen LogP contribution is -2.24. The average Bonchev–Trinajstić information content (AvgIpc) is 3.69. The molecule has 6 aromatic rings. The van der Waals surface area contributed by atoms with Crippen molar-refractivity contribution in [3.8, 4) is 33.1 Å². The third-order valence-electron chi connectivity index (χ3n) is 6.78. The zero-order chi connectivity index (χ0) is 25.0. The van der Waals surface area contributed by atoms with Crippen molar-refractivity contribution in [3.63, 3.8) is 0 Å². The maximum Gasteiger partial charge on any atom is 0.261 e. The molecule has 0 aromatic carbocycles. The summed E-state index contributed by atoms with van der Waals surface area (Å²) >= 11 is 1.68. The Hall–Kier alpha value is -4.02. The molecule has 7 nitrogen and oxygen atoms in total. The SMILES string of the molecule is FC1(F)CCN(Cc2cncc(-c3cc4c(-c5cc6c(-c7cccs7)cncc6[nH]5)n[nH]c4cn3)c2)C1. The van der Waals surface area contributed by atoms with Crippen LogP contribution >= 0.6 is 11.3 Å². The average molecular weight is 514 g/mol. The Morgan fingerprint density at radius 1 is 1.00 bits per heavy atom. The maximum atomic E-state index is 13.6. The number of thiophene rings is 1. The summed E-state index contributed by atoms with van der Waals surface area (Å²) in [4.78, 5) is 19.8. The van der Waals surface area contributed by atoms with E-state index >= 15 is 0 Å². The highest BCUT2D eigenvalue weighted by Crippen LogP contribution is 2.36. The van der Waals surface area contributed by atoms with Crippen molar-refractivity contribution in [2.24, 2.45) is 0 Å². The molecule has 37 heavy (non-hydrogen) atoms. The maximum absolute atomic E-state index is 13.6. The van der Waals surface area contributed by atoms with Crippen LogP contribution in [-0.2, 0) is 6.54 Å². The fourth-order valence-corrected chi connectivity index (χ4v) is 5.75. The summed E-state index contributed by atoms with van der Waals surface area (Å²) in [5.41, 5.74) is 6.96. The number of alkyl halides is 2. The Bertz CT molecular complexity index is 1740. The van der Waals surface area contributed by atoms with E-state index in [4.69, 9.17) is 0 Å². The highest BCUT2D eigenvalue weighted by Gasteiger charge is 2.37. The fraction of sp³-hybridized carbons (Fsp3) is 0.185. The van der Waals surface area contributed by atoms with Crippen LogP contribution in [0.5, 0.6) is 0 Å². The molecule has 1 aliphatic heterocycles. The van der Waals surface area contributed by atoms with Crippen molar-refractivity contribution in [2.75, 3.05) is 13.1 Å². The van der Waals surface area contributed by atoms with E-state index in [1.54, 1.807) is 34.8 Å². The molecule has 0 spiro atoms. The Morgan fingerprint density at radius 3 is 2.76 bits per heavy atom. The first kappa shape index (κ1) is 22.2. The van der Waals surface area contributed by atoms with E-state index in [-0.39, 0.29) is 13.0 Å². The monoisotopic (exact) mass is 513 g/mol. The number of nitrogens with zero attached hydrogens (tertiary/aromatic N) is 5. The number of halogens is 2. The molecule has 0 amide bonds. The second-order valence-corrected chi connectivity index (χ2v) is 10.3. The highest BCUT2D eigenvalue weighted by molar-refractivity contribution is 7.13. The lowest BCUT2D eigenvalue weighted by atomic mass is 10.1. The highest BCUT2D eigenvalue weighted by atomic mass is 32.1. The van der Waals surface area contributed by atoms with Crippen molar-refractivity contribution in [1.82, 2.24) is 35.0 Å². The van der Waals surface area contributed by atoms with E-state index in [2.05, 4.69) is 47.6 Å². The first-order valence-electron chi connectivity index (χ1n) is 11.9. The summed E-state index contributed by atoms with van der Waals surface area (Å²) in [5.74, 6) is -2.61. The Kier molecular flexibility index (Phi) is 5.12. The lowest BCUT2D eigenvalue weighted by molar-refractivity contribution is 0.0115. The first-order valence-corrected chi connectivity index (χ1v) is 12.8. The van der Waals surface area contributed by atoms with E-state index < -0.39 is 5.92 Å². The minimum absolute atomic E-state index is 0.0970. The van der Waals surface area contributed by atoms with Crippen LogP contribution in [0.1, 0.15) is 12.0 Å². The number of hydrogen-bond acceptors (Lipinski definition) is 6. The van der Waals surface area contributed by atoms with Gasteiger partial charge in [-0.2, -0.15) is 5.10 Å². The quantitative estimate of drug-likeness (QED) is 0.290. The summed E-state index contributed by atoms with van der Waals surface area (Å²) in [5, 5.41) is 11.7. The van der Waals surface area contributed by atoms with Crippen molar-refractivity contribution in [3.05, 3.63) is 72.3 Å². The summed E-state index contributed by atoms with van der Waals surface area (Å²) in [6.07, 6.45) is 8.85. The molecule has 0 bridgehead atoms. The van der Waals surface area contributed by atoms with Gasteiger partial charge in [0.15, 0.2) is 0 Å². The molecule has 7 heterocycles. The molecule has 1 saturated heterocycles. The van der Waals surface area contributed by atoms with Gasteiger partial charge in [-0.15, -0.1) is 11.3 Å². The molecule has 0 saturated carbocycles. The molecule has 1 fully saturated rings. The summed E-state index contributed by atoms with van der Waals surface area (Å²) in [6.45, 7) is 0.605. The molecule has 7 rings (SSSR count). The lowest BCUT2D eigenvalue weighted by Gasteiger charge is -2.15. The summed E-state index contributed by atoms with van der Waals surface area (Å²) in [6, 6.07) is 10.2. The largest absolute Gasteiger partial charge is 0.352 e. The fourth-order valence-electron chi connectivity index (χ4n) is 5.00. The molecule has 0 aliphatic carbocycles. The number of fused-ring (bicyclic) bond motifs is 2. The van der Waals surface area contributed by atoms with Crippen LogP contribution in [0.25, 0.3) is 54.9 Å². The minimum Gasteiger partial charge on any atom is -0.352 e. The Balaban J connectivity index is 1.24. The number of H-pyrrole nitrogens is 2. The number of aromatic nitrogens is 6. The van der Waals surface area contributed by atoms with Crippen LogP contribution in [0.3, 0.4) is 0 Å². The zero-order valence-electron chi connectivity index (χ0n) is 19.6. The van der Waals surface area contributed by atoms with Crippen LogP contribution in [0, 0.1) is 0 Å². The van der Waals surface area contributed by atoms with Gasteiger partial charge in [-0.1, -0.05) is 6.07 Å². The zero-order valence-corrected chi connectivity index (χ0v) is 20.4. The van der Waals surface area contributed by atoms with E-state index in [1.807, 2.05) is 30.6 Å². The van der Waals surface area contributed by atoms with Gasteiger partial charge in [0.1, 0.15) is 5.69 Å². The standard InChI is InChI=1S/C27H21F2N7S/c28-27(29)3-4-36(15-27)14-16-6-17(10-30-9-16)21-8-19-24(13-32-21)34-35-26(19)22-7-18-20(25-2-1-5-37-25)11-31-12-23(18)33-22/h1-2,5-13,33H,3-4,14-15H2,(H,34,35). The normalized spacial score (nSPS) is 15.7. The first-order chi connectivity index (χ1) is 18.0. The van der Waals surface area contributed by atoms with Crippen LogP contribution < -0.4 is 0 Å². The van der Waals surface area contributed by atoms with Crippen LogP contribution in [-0.4, -0.2) is 54.0 Å². The van der Waals surface area contributed by atoms with Gasteiger partial charge in [0, 0.05) is 64.9 Å². The van der Waals surface area contributed by atoms with E-state index in [1.165, 1.54) is 0 Å². The topological polar surface area (TPSA) is 86.4 Å². The number of nitrogens with one attached hydrogen (secondary N) is 2. The molecular formula is C27H21F2N7S. The van der Waals surface area contributed by atoms with Gasteiger partial charge >= 0.3 is 0 Å². The van der Waals surface area contributed by atoms with E-state index in [0.29, 0.717) is 13.1 Å². The summed E-state index contributed by atoms with van der Waals surface area (Å²) < 4.78 is 27.2. The van der Waals surface area contributed by atoms with Gasteiger partial charge in [-0.3, -0.25) is 25.0 Å². The van der Waals surface area contributed by atoms with E-state index in [9.17, 15) is 8.78 Å². The van der Waals surface area contributed by atoms with Crippen LogP contribution in [0.4, 0.5) is 8.78 Å². The molecule has 0 radical (unpaired) electrons. The van der Waals surface area contributed by atoms with Crippen molar-refractivity contribution >= 4 is 33.1 Å². The predicted molar refractivity (Wildman–Crippen MR) is 140 cm³/mol. The van der Waals surface area contributed by atoms with E-state index in [0.717, 1.165) is 60.5 Å². The Morgan fingerprint density at radius 2 is 1.92 bits per heavy atom. The number of rotatable bonds is 5. The second-order valence-electron chi connectivity index (χ2n) is 9.39. The molecule has 184 valence electrons. The van der Waals surface area contributed by atoms with Crippen LogP contribution in [0.2, 0.25) is 0 Å². The smallest absolute Gasteiger partial charge is 0.261 e. The Labute approximate surface area is 214 Å². The molecule has 2 N–H and O–H groups in total. The number of hydrogen-bond donors (Lipinski definition) is 2. The predicted octanol–water partition coefficient (Wildman–Crippen LogP) is 6.13. The third kappa shape index (κ3) is 4.08. The van der Waals surface area contributed by atoms with Crippen molar-refractivity contribution < 1.29 is 8.78 Å². The molecule has 1 aliphatic rings. The molecule has 6 aromatic heterocycles. The van der Waals surface area contributed by atoms with Crippen LogP contribution in [0.15, 0.2) is 66.7 Å². The van der Waals surface area contributed by atoms with Gasteiger partial charge in [-0.05, 0) is 35.2 Å². The molecule has 0 unspecified atom stereocenters. The van der Waals surface area contributed by atoms with Crippen molar-refractivity contribution in [1.29, 1.82) is 0 Å². The minimum atomic E-state index is -2.61. The van der Waals surface area contributed by atoms with Gasteiger partial charge in [0.05, 0.1) is 41.4 Å². The number of pyridine rings is 3. The van der Waals surface area contributed by atoms with Crippen molar-refractivity contribution in [2.45, 2.75) is 18.9 Å². The third-order valence-corrected chi connectivity index (χ3v) is 7.68. The van der Waals surface area contributed by atoms with Gasteiger partial charge in [-0.25, -0.2) is 8.78 Å². The van der Waals surface area contributed by atoms with Gasteiger partial charge < -0.3 is 4.98 Å². The number of aromatic amines is 2. The summed E-state index contributed by atoms with van der Waals surface area (Å²) in [7, 11) is 0. The molecule has 0 atom stereocenters. The number of likely N-dealkylation sites (tertiary alicyclic amines) is 1. The second kappa shape index (κ2) is 8.53.